The van der Waals surface area contributed by atoms with Gasteiger partial charge in [-0.15, -0.1) is 0 Å². The van der Waals surface area contributed by atoms with Crippen LogP contribution in [0, 0.1) is 0 Å². The quantitative estimate of drug-likeness (QED) is 0.886. The summed E-state index contributed by atoms with van der Waals surface area (Å²) in [5.41, 5.74) is 5.60. The number of anilines is 2. The highest BCUT2D eigenvalue weighted by Gasteiger charge is 2.13. The van der Waals surface area contributed by atoms with Crippen molar-refractivity contribution in [3.63, 3.8) is 0 Å². The molecule has 2 aromatic heterocycles. The van der Waals surface area contributed by atoms with E-state index in [1.165, 1.54) is 12.1 Å². The Hall–Kier alpha value is -2.08. The van der Waals surface area contributed by atoms with Crippen molar-refractivity contribution < 1.29 is 4.79 Å². The average molecular weight is 266 g/mol. The number of aromatic nitrogens is 3. The van der Waals surface area contributed by atoms with E-state index in [0.717, 1.165) is 6.54 Å². The number of hydrogen-bond acceptors (Lipinski definition) is 4. The molecular weight excluding hydrogens is 254 g/mol. The molecule has 1 amide bonds. The molecule has 18 heavy (non-hydrogen) atoms. The summed E-state index contributed by atoms with van der Waals surface area (Å²) < 4.78 is 1.70. The molecule has 3 N–H and O–H groups in total. The zero-order chi connectivity index (χ0) is 13.1. The van der Waals surface area contributed by atoms with Crippen molar-refractivity contribution in [2.24, 2.45) is 0 Å². The number of nitrogens with zero attached hydrogens (tertiary/aromatic N) is 3. The van der Waals surface area contributed by atoms with Crippen LogP contribution in [0.3, 0.4) is 0 Å². The van der Waals surface area contributed by atoms with Crippen LogP contribution in [0.15, 0.2) is 24.4 Å². The van der Waals surface area contributed by atoms with E-state index in [-0.39, 0.29) is 16.5 Å². The van der Waals surface area contributed by atoms with Crippen LogP contribution >= 0.6 is 11.6 Å². The zero-order valence-corrected chi connectivity index (χ0v) is 10.5. The number of carbonyl (C=O) groups is 1. The first-order valence-corrected chi connectivity index (χ1v) is 5.74. The molecule has 0 aliphatic rings. The summed E-state index contributed by atoms with van der Waals surface area (Å²) in [6.07, 6.45) is 1.77. The summed E-state index contributed by atoms with van der Waals surface area (Å²) in [5, 5.41) is 6.98. The summed E-state index contributed by atoms with van der Waals surface area (Å²) in [6.45, 7) is 2.68. The van der Waals surface area contributed by atoms with E-state index >= 15 is 0 Å². The van der Waals surface area contributed by atoms with Gasteiger partial charge in [-0.1, -0.05) is 11.6 Å². The molecule has 0 bridgehead atoms. The maximum Gasteiger partial charge on any atom is 0.277 e. The second kappa shape index (κ2) is 5.05. The van der Waals surface area contributed by atoms with Crippen molar-refractivity contribution in [1.82, 2.24) is 14.8 Å². The normalized spacial score (nSPS) is 10.3. The summed E-state index contributed by atoms with van der Waals surface area (Å²) in [6, 6.07) is 4.76. The molecule has 6 nitrogen and oxygen atoms in total. The number of amides is 1. The van der Waals surface area contributed by atoms with Gasteiger partial charge in [0.25, 0.3) is 5.91 Å². The van der Waals surface area contributed by atoms with Crippen molar-refractivity contribution in [2.45, 2.75) is 13.5 Å². The summed E-state index contributed by atoms with van der Waals surface area (Å²) in [7, 11) is 0. The molecule has 0 atom stereocenters. The van der Waals surface area contributed by atoms with E-state index in [1.54, 1.807) is 16.9 Å². The molecule has 2 aromatic rings. The lowest BCUT2D eigenvalue weighted by Crippen LogP contribution is -2.15. The highest BCUT2D eigenvalue weighted by molar-refractivity contribution is 6.34. The number of hydrogen-bond donors (Lipinski definition) is 2. The number of nitrogen functional groups attached to an aromatic ring is 1. The Morgan fingerprint density at radius 1 is 1.50 bits per heavy atom. The Morgan fingerprint density at radius 3 is 2.94 bits per heavy atom. The van der Waals surface area contributed by atoms with E-state index in [4.69, 9.17) is 17.3 Å². The van der Waals surface area contributed by atoms with Crippen LogP contribution in [-0.2, 0) is 6.54 Å². The van der Waals surface area contributed by atoms with Crippen LogP contribution in [-0.4, -0.2) is 20.7 Å². The minimum Gasteiger partial charge on any atom is -0.384 e. The van der Waals surface area contributed by atoms with Gasteiger partial charge in [-0.05, 0) is 19.1 Å². The molecule has 0 saturated heterocycles. The predicted octanol–water partition coefficient (Wildman–Crippen LogP) is 1.79. The molecule has 0 aromatic carbocycles. The van der Waals surface area contributed by atoms with Crippen molar-refractivity contribution in [1.29, 1.82) is 0 Å². The highest BCUT2D eigenvalue weighted by atomic mass is 35.5. The molecule has 0 aliphatic heterocycles. The third kappa shape index (κ3) is 2.60. The number of rotatable bonds is 3. The van der Waals surface area contributed by atoms with Crippen molar-refractivity contribution in [2.75, 3.05) is 11.1 Å². The Bertz CT molecular complexity index is 581. The third-order valence-electron chi connectivity index (χ3n) is 2.29. The largest absolute Gasteiger partial charge is 0.384 e. The third-order valence-corrected chi connectivity index (χ3v) is 2.59. The predicted molar refractivity (Wildman–Crippen MR) is 69.5 cm³/mol. The number of halogens is 1. The topological polar surface area (TPSA) is 85.8 Å². The van der Waals surface area contributed by atoms with Crippen LogP contribution < -0.4 is 11.1 Å². The molecule has 0 fully saturated rings. The van der Waals surface area contributed by atoms with Gasteiger partial charge in [0.2, 0.25) is 0 Å². The SMILES string of the molecule is CCn1ccc(NC(=O)c2nc(N)ccc2Cl)n1. The van der Waals surface area contributed by atoms with Gasteiger partial charge < -0.3 is 11.1 Å². The Balaban J connectivity index is 2.19. The van der Waals surface area contributed by atoms with Crippen LogP contribution in [0.4, 0.5) is 11.6 Å². The minimum absolute atomic E-state index is 0.0858. The van der Waals surface area contributed by atoms with Crippen molar-refractivity contribution in [3.05, 3.63) is 35.1 Å². The fraction of sp³-hybridized carbons (Fsp3) is 0.182. The Labute approximate surface area is 109 Å². The first-order valence-electron chi connectivity index (χ1n) is 5.37. The standard InChI is InChI=1S/C11H12ClN5O/c1-2-17-6-5-9(16-17)15-11(18)10-7(12)3-4-8(13)14-10/h3-6H,2H2,1H3,(H2,13,14)(H,15,16,18). The number of nitrogens with one attached hydrogen (secondary N) is 1. The second-order valence-corrected chi connectivity index (χ2v) is 3.98. The molecule has 0 aliphatic carbocycles. The molecular formula is C11H12ClN5O. The number of nitrogens with two attached hydrogens (primary N) is 1. The van der Waals surface area contributed by atoms with Gasteiger partial charge in [0.15, 0.2) is 5.82 Å². The number of carbonyl (C=O) groups excluding carboxylic acids is 1. The average Bonchev–Trinajstić information content (AvgIpc) is 2.80. The molecule has 94 valence electrons. The van der Waals surface area contributed by atoms with Gasteiger partial charge in [-0.2, -0.15) is 5.10 Å². The van der Waals surface area contributed by atoms with Gasteiger partial charge >= 0.3 is 0 Å². The van der Waals surface area contributed by atoms with E-state index in [2.05, 4.69) is 15.4 Å². The molecule has 0 saturated carbocycles. The van der Waals surface area contributed by atoms with Crippen LogP contribution in [0.2, 0.25) is 5.02 Å². The lowest BCUT2D eigenvalue weighted by Gasteiger charge is -2.04. The van der Waals surface area contributed by atoms with Gasteiger partial charge in [-0.3, -0.25) is 9.48 Å². The monoisotopic (exact) mass is 265 g/mol. The first kappa shape index (κ1) is 12.4. The number of pyridine rings is 1. The maximum atomic E-state index is 11.9. The molecule has 2 rings (SSSR count). The smallest absolute Gasteiger partial charge is 0.277 e. The lowest BCUT2D eigenvalue weighted by molar-refractivity contribution is 0.102. The molecule has 0 radical (unpaired) electrons. The minimum atomic E-state index is -0.436. The van der Waals surface area contributed by atoms with Crippen molar-refractivity contribution in [3.8, 4) is 0 Å². The van der Waals surface area contributed by atoms with Crippen molar-refractivity contribution >= 4 is 29.1 Å². The Kier molecular flexibility index (Phi) is 3.47. The molecule has 0 spiro atoms. The molecule has 0 unspecified atom stereocenters. The van der Waals surface area contributed by atoms with Crippen LogP contribution in [0.25, 0.3) is 0 Å². The number of aryl methyl sites for hydroxylation is 1. The summed E-state index contributed by atoms with van der Waals surface area (Å²) in [4.78, 5) is 15.8. The van der Waals surface area contributed by atoms with Gasteiger partial charge in [0, 0.05) is 18.8 Å². The fourth-order valence-corrected chi connectivity index (χ4v) is 1.59. The second-order valence-electron chi connectivity index (χ2n) is 3.58. The highest BCUT2D eigenvalue weighted by Crippen LogP contribution is 2.16. The summed E-state index contributed by atoms with van der Waals surface area (Å²) >= 11 is 5.89. The van der Waals surface area contributed by atoms with Crippen LogP contribution in [0.5, 0.6) is 0 Å². The van der Waals surface area contributed by atoms with Gasteiger partial charge in [0.05, 0.1) is 5.02 Å². The van der Waals surface area contributed by atoms with Gasteiger partial charge in [0.1, 0.15) is 11.5 Å². The first-order chi connectivity index (χ1) is 8.60. The molecule has 2 heterocycles. The summed E-state index contributed by atoms with van der Waals surface area (Å²) in [5.74, 6) is 0.249. The van der Waals surface area contributed by atoms with E-state index in [9.17, 15) is 4.79 Å². The Morgan fingerprint density at radius 2 is 2.28 bits per heavy atom. The molecule has 7 heteroatoms. The van der Waals surface area contributed by atoms with Gasteiger partial charge in [-0.25, -0.2) is 4.98 Å². The van der Waals surface area contributed by atoms with E-state index < -0.39 is 5.91 Å². The van der Waals surface area contributed by atoms with Crippen LogP contribution in [0.1, 0.15) is 17.4 Å². The fourth-order valence-electron chi connectivity index (χ4n) is 1.40. The van der Waals surface area contributed by atoms with E-state index in [0.29, 0.717) is 5.82 Å². The lowest BCUT2D eigenvalue weighted by atomic mass is 10.3. The maximum absolute atomic E-state index is 11.9. The zero-order valence-electron chi connectivity index (χ0n) is 9.72. The van der Waals surface area contributed by atoms with E-state index in [1.807, 2.05) is 6.92 Å².